The first-order chi connectivity index (χ1) is 10.1. The third-order valence-electron chi connectivity index (χ3n) is 3.23. The summed E-state index contributed by atoms with van der Waals surface area (Å²) in [6.45, 7) is 0. The molecule has 0 radical (unpaired) electrons. The molecule has 0 fully saturated rings. The Hall–Kier alpha value is -2.71. The van der Waals surface area contributed by atoms with E-state index in [0.29, 0.717) is 11.1 Å². The van der Waals surface area contributed by atoms with Crippen LogP contribution in [0.2, 0.25) is 5.15 Å². The molecule has 102 valence electrons. The maximum absolute atomic E-state index is 12.6. The summed E-state index contributed by atoms with van der Waals surface area (Å²) in [5, 5.41) is 9.95. The zero-order valence-electron chi connectivity index (χ0n) is 11.0. The molecule has 2 aromatic heterocycles. The van der Waals surface area contributed by atoms with E-state index in [-0.39, 0.29) is 16.6 Å². The average Bonchev–Trinajstić information content (AvgIpc) is 2.83. The Balaban J connectivity index is 2.17. The zero-order chi connectivity index (χ0) is 15.0. The SMILES string of the molecule is Cn1cc(C(=O)c2cc(Cl)ncn2)c2ccc(C#N)cc21. The first kappa shape index (κ1) is 13.3. The standard InChI is InChI=1S/C15H9ClN4O/c1-20-7-11(10-3-2-9(6-17)4-13(10)20)15(21)12-5-14(16)19-8-18-12/h2-5,7-8H,1H3. The summed E-state index contributed by atoms with van der Waals surface area (Å²) in [5.74, 6) is -0.227. The Kier molecular flexibility index (Phi) is 3.16. The number of carbonyl (C=O) groups is 1. The van der Waals surface area contributed by atoms with Crippen molar-refractivity contribution in [2.24, 2.45) is 7.05 Å². The summed E-state index contributed by atoms with van der Waals surface area (Å²) < 4.78 is 1.81. The van der Waals surface area contributed by atoms with Crippen molar-refractivity contribution in [3.63, 3.8) is 0 Å². The van der Waals surface area contributed by atoms with Crippen molar-refractivity contribution >= 4 is 28.3 Å². The number of aryl methyl sites for hydroxylation is 1. The average molecular weight is 297 g/mol. The lowest BCUT2D eigenvalue weighted by Crippen LogP contribution is -2.03. The molecule has 0 unspecified atom stereocenters. The van der Waals surface area contributed by atoms with Crippen LogP contribution in [0.15, 0.2) is 36.8 Å². The van der Waals surface area contributed by atoms with Crippen molar-refractivity contribution < 1.29 is 4.79 Å². The van der Waals surface area contributed by atoms with Gasteiger partial charge in [-0.15, -0.1) is 0 Å². The number of hydrogen-bond donors (Lipinski definition) is 0. The van der Waals surface area contributed by atoms with Gasteiger partial charge >= 0.3 is 0 Å². The second-order valence-electron chi connectivity index (χ2n) is 4.55. The number of fused-ring (bicyclic) bond motifs is 1. The fourth-order valence-corrected chi connectivity index (χ4v) is 2.38. The molecule has 0 bridgehead atoms. The van der Waals surface area contributed by atoms with Gasteiger partial charge < -0.3 is 4.57 Å². The number of nitrogens with zero attached hydrogens (tertiary/aromatic N) is 4. The highest BCUT2D eigenvalue weighted by Crippen LogP contribution is 2.24. The molecule has 5 nitrogen and oxygen atoms in total. The number of aromatic nitrogens is 3. The molecule has 2 heterocycles. The minimum absolute atomic E-state index is 0.223. The first-order valence-corrected chi connectivity index (χ1v) is 6.49. The number of ketones is 1. The van der Waals surface area contributed by atoms with E-state index in [1.165, 1.54) is 12.4 Å². The first-order valence-electron chi connectivity index (χ1n) is 6.11. The third-order valence-corrected chi connectivity index (χ3v) is 3.44. The zero-order valence-corrected chi connectivity index (χ0v) is 11.8. The van der Waals surface area contributed by atoms with Crippen LogP contribution in [0.3, 0.4) is 0 Å². The predicted octanol–water partition coefficient (Wildman–Crippen LogP) is 2.72. The molecule has 0 aliphatic rings. The lowest BCUT2D eigenvalue weighted by atomic mass is 10.1. The van der Waals surface area contributed by atoms with Crippen molar-refractivity contribution in [3.05, 3.63) is 58.8 Å². The van der Waals surface area contributed by atoms with Crippen molar-refractivity contribution in [2.45, 2.75) is 0 Å². The Labute approximate surface area is 125 Å². The van der Waals surface area contributed by atoms with E-state index in [1.807, 2.05) is 11.6 Å². The predicted molar refractivity (Wildman–Crippen MR) is 78.1 cm³/mol. The normalized spacial score (nSPS) is 10.5. The molecule has 0 atom stereocenters. The summed E-state index contributed by atoms with van der Waals surface area (Å²) in [5.41, 5.74) is 2.13. The molecule has 0 aliphatic carbocycles. The Morgan fingerprint density at radius 3 is 2.86 bits per heavy atom. The van der Waals surface area contributed by atoms with Gasteiger partial charge in [0.1, 0.15) is 17.2 Å². The second-order valence-corrected chi connectivity index (χ2v) is 4.94. The largest absolute Gasteiger partial charge is 0.350 e. The van der Waals surface area contributed by atoms with Crippen molar-refractivity contribution in [3.8, 4) is 6.07 Å². The fraction of sp³-hybridized carbons (Fsp3) is 0.0667. The van der Waals surface area contributed by atoms with Gasteiger partial charge in [-0.05, 0) is 12.1 Å². The van der Waals surface area contributed by atoms with Gasteiger partial charge in [-0.2, -0.15) is 5.26 Å². The van der Waals surface area contributed by atoms with Gasteiger partial charge in [-0.25, -0.2) is 9.97 Å². The van der Waals surface area contributed by atoms with E-state index in [9.17, 15) is 4.79 Å². The highest BCUT2D eigenvalue weighted by atomic mass is 35.5. The maximum atomic E-state index is 12.6. The van der Waals surface area contributed by atoms with Crippen LogP contribution < -0.4 is 0 Å². The number of nitriles is 1. The summed E-state index contributed by atoms with van der Waals surface area (Å²) in [6, 6.07) is 8.73. The van der Waals surface area contributed by atoms with Crippen LogP contribution in [-0.4, -0.2) is 20.3 Å². The lowest BCUT2D eigenvalue weighted by molar-refractivity contribution is 0.103. The van der Waals surface area contributed by atoms with E-state index in [4.69, 9.17) is 16.9 Å². The Morgan fingerprint density at radius 1 is 1.33 bits per heavy atom. The van der Waals surface area contributed by atoms with Crippen molar-refractivity contribution in [2.75, 3.05) is 0 Å². The van der Waals surface area contributed by atoms with Gasteiger partial charge in [0.15, 0.2) is 0 Å². The topological polar surface area (TPSA) is 71.6 Å². The van der Waals surface area contributed by atoms with Crippen molar-refractivity contribution in [1.82, 2.24) is 14.5 Å². The molecule has 0 spiro atoms. The molecule has 3 rings (SSSR count). The number of benzene rings is 1. The molecule has 0 N–H and O–H groups in total. The van der Waals surface area contributed by atoms with Crippen molar-refractivity contribution in [1.29, 1.82) is 5.26 Å². The van der Waals surface area contributed by atoms with Crippen LogP contribution in [0.1, 0.15) is 21.6 Å². The monoisotopic (exact) mass is 296 g/mol. The molecule has 1 aromatic carbocycles. The number of rotatable bonds is 2. The number of halogens is 1. The summed E-state index contributed by atoms with van der Waals surface area (Å²) in [4.78, 5) is 20.3. The van der Waals surface area contributed by atoms with E-state index < -0.39 is 0 Å². The van der Waals surface area contributed by atoms with Gasteiger partial charge in [0.05, 0.1) is 11.6 Å². The molecule has 0 aliphatic heterocycles. The quantitative estimate of drug-likeness (QED) is 0.538. The third kappa shape index (κ3) is 2.26. The fourth-order valence-electron chi connectivity index (χ4n) is 2.23. The Morgan fingerprint density at radius 2 is 2.14 bits per heavy atom. The molecule has 6 heteroatoms. The van der Waals surface area contributed by atoms with Gasteiger partial charge in [0.25, 0.3) is 0 Å². The van der Waals surface area contributed by atoms with Gasteiger partial charge in [-0.1, -0.05) is 17.7 Å². The van der Waals surface area contributed by atoms with Crippen LogP contribution in [0, 0.1) is 11.3 Å². The van der Waals surface area contributed by atoms with Gasteiger partial charge in [0.2, 0.25) is 5.78 Å². The molecule has 21 heavy (non-hydrogen) atoms. The van der Waals surface area contributed by atoms with E-state index in [0.717, 1.165) is 10.9 Å². The summed E-state index contributed by atoms with van der Waals surface area (Å²) in [7, 11) is 1.83. The van der Waals surface area contributed by atoms with Crippen LogP contribution in [0.25, 0.3) is 10.9 Å². The molecule has 0 saturated carbocycles. The maximum Gasteiger partial charge on any atom is 0.213 e. The minimum atomic E-state index is -0.227. The second kappa shape index (κ2) is 5.00. The highest BCUT2D eigenvalue weighted by Gasteiger charge is 2.17. The van der Waals surface area contributed by atoms with Crippen LogP contribution >= 0.6 is 11.6 Å². The van der Waals surface area contributed by atoms with Gasteiger partial charge in [-0.3, -0.25) is 4.79 Å². The summed E-state index contributed by atoms with van der Waals surface area (Å²) in [6.07, 6.45) is 2.98. The van der Waals surface area contributed by atoms with Gasteiger partial charge in [0, 0.05) is 35.8 Å². The van der Waals surface area contributed by atoms with Crippen LogP contribution in [0.4, 0.5) is 0 Å². The minimum Gasteiger partial charge on any atom is -0.350 e. The van der Waals surface area contributed by atoms with E-state index >= 15 is 0 Å². The molecule has 3 aromatic rings. The lowest BCUT2D eigenvalue weighted by Gasteiger charge is -1.99. The van der Waals surface area contributed by atoms with Crippen LogP contribution in [0.5, 0.6) is 0 Å². The molecular weight excluding hydrogens is 288 g/mol. The van der Waals surface area contributed by atoms with Crippen LogP contribution in [-0.2, 0) is 7.05 Å². The number of hydrogen-bond acceptors (Lipinski definition) is 4. The molecule has 0 saturated heterocycles. The highest BCUT2D eigenvalue weighted by molar-refractivity contribution is 6.30. The molecule has 0 amide bonds. The number of carbonyl (C=O) groups excluding carboxylic acids is 1. The van der Waals surface area contributed by atoms with E-state index in [2.05, 4.69) is 16.0 Å². The summed E-state index contributed by atoms with van der Waals surface area (Å²) >= 11 is 5.79. The Bertz CT molecular complexity index is 908. The van der Waals surface area contributed by atoms with E-state index in [1.54, 1.807) is 24.4 Å². The molecular formula is C15H9ClN4O. The smallest absolute Gasteiger partial charge is 0.213 e.